The minimum atomic E-state index is -0.462. The second-order valence-corrected chi connectivity index (χ2v) is 6.54. The Morgan fingerprint density at radius 2 is 1.85 bits per heavy atom. The lowest BCUT2D eigenvalue weighted by Crippen LogP contribution is -2.13. The number of carbonyl (C=O) groups excluding carboxylic acids is 1. The summed E-state index contributed by atoms with van der Waals surface area (Å²) in [4.78, 5) is 12.8. The lowest BCUT2D eigenvalue weighted by molar-refractivity contribution is 0.102. The minimum absolute atomic E-state index is 0.209. The standard InChI is InChI=1S/C18H10Cl3N3O2/c1-9-15(17(24-26-9)16-12(19)3-2-4-13(16)20)18(25)23-11-6-5-10(8-22)14(21)7-11/h2-7H,1H3,(H,23,25). The van der Waals surface area contributed by atoms with Crippen molar-refractivity contribution >= 4 is 46.4 Å². The van der Waals surface area contributed by atoms with E-state index in [9.17, 15) is 4.79 Å². The third kappa shape index (κ3) is 3.40. The maximum absolute atomic E-state index is 12.8. The fourth-order valence-electron chi connectivity index (χ4n) is 2.41. The Bertz CT molecular complexity index is 1030. The number of nitrogens with zero attached hydrogens (tertiary/aromatic N) is 2. The molecule has 1 N–H and O–H groups in total. The first-order valence-corrected chi connectivity index (χ1v) is 8.47. The zero-order valence-electron chi connectivity index (χ0n) is 13.3. The molecular weight excluding hydrogens is 397 g/mol. The van der Waals surface area contributed by atoms with E-state index < -0.39 is 5.91 Å². The van der Waals surface area contributed by atoms with Crippen LogP contribution in [-0.2, 0) is 0 Å². The highest BCUT2D eigenvalue weighted by Gasteiger charge is 2.25. The van der Waals surface area contributed by atoms with Gasteiger partial charge < -0.3 is 9.84 Å². The maximum atomic E-state index is 12.8. The summed E-state index contributed by atoms with van der Waals surface area (Å²) in [6.45, 7) is 1.61. The lowest BCUT2D eigenvalue weighted by atomic mass is 10.1. The molecule has 2 aromatic carbocycles. The van der Waals surface area contributed by atoms with Gasteiger partial charge in [0.15, 0.2) is 0 Å². The first-order valence-electron chi connectivity index (χ1n) is 7.34. The summed E-state index contributed by atoms with van der Waals surface area (Å²) < 4.78 is 5.18. The van der Waals surface area contributed by atoms with Gasteiger partial charge in [0.2, 0.25) is 0 Å². The average Bonchev–Trinajstić information content (AvgIpc) is 2.96. The summed E-state index contributed by atoms with van der Waals surface area (Å²) in [5.41, 5.74) is 1.61. The predicted molar refractivity (Wildman–Crippen MR) is 101 cm³/mol. The van der Waals surface area contributed by atoms with E-state index in [1.165, 1.54) is 12.1 Å². The zero-order chi connectivity index (χ0) is 18.8. The molecule has 0 atom stereocenters. The summed E-state index contributed by atoms with van der Waals surface area (Å²) in [6, 6.07) is 11.5. The average molecular weight is 407 g/mol. The number of hydrogen-bond donors (Lipinski definition) is 1. The zero-order valence-corrected chi connectivity index (χ0v) is 15.6. The Morgan fingerprint density at radius 1 is 1.15 bits per heavy atom. The largest absolute Gasteiger partial charge is 0.360 e. The van der Waals surface area contributed by atoms with Crippen LogP contribution in [0.4, 0.5) is 5.69 Å². The van der Waals surface area contributed by atoms with Crippen molar-refractivity contribution in [1.82, 2.24) is 5.16 Å². The van der Waals surface area contributed by atoms with Gasteiger partial charge in [0, 0.05) is 11.3 Å². The molecule has 5 nitrogen and oxygen atoms in total. The lowest BCUT2D eigenvalue weighted by Gasteiger charge is -2.08. The molecule has 0 aliphatic rings. The van der Waals surface area contributed by atoms with Gasteiger partial charge in [-0.25, -0.2) is 0 Å². The van der Waals surface area contributed by atoms with Crippen LogP contribution in [0.1, 0.15) is 21.7 Å². The molecule has 0 aliphatic heterocycles. The number of anilines is 1. The van der Waals surface area contributed by atoms with Crippen molar-refractivity contribution in [2.75, 3.05) is 5.32 Å². The normalized spacial score (nSPS) is 10.4. The Labute approximate surface area is 164 Å². The van der Waals surface area contributed by atoms with Crippen molar-refractivity contribution in [3.05, 3.63) is 68.4 Å². The molecule has 3 aromatic rings. The molecule has 0 radical (unpaired) electrons. The molecule has 1 amide bonds. The molecule has 0 fully saturated rings. The molecule has 0 unspecified atom stereocenters. The quantitative estimate of drug-likeness (QED) is 0.602. The van der Waals surface area contributed by atoms with Crippen molar-refractivity contribution < 1.29 is 9.32 Å². The van der Waals surface area contributed by atoms with Crippen LogP contribution in [0.15, 0.2) is 40.9 Å². The molecule has 0 bridgehead atoms. The highest BCUT2D eigenvalue weighted by Crippen LogP contribution is 2.37. The van der Waals surface area contributed by atoms with Gasteiger partial charge in [0.1, 0.15) is 23.1 Å². The van der Waals surface area contributed by atoms with E-state index >= 15 is 0 Å². The first-order chi connectivity index (χ1) is 12.4. The van der Waals surface area contributed by atoms with Crippen LogP contribution in [-0.4, -0.2) is 11.1 Å². The number of halogens is 3. The van der Waals surface area contributed by atoms with E-state index in [4.69, 9.17) is 44.6 Å². The molecule has 3 rings (SSSR count). The van der Waals surface area contributed by atoms with Crippen LogP contribution in [0.5, 0.6) is 0 Å². The molecule has 1 aromatic heterocycles. The second kappa shape index (κ2) is 7.38. The first kappa shape index (κ1) is 18.3. The SMILES string of the molecule is Cc1onc(-c2c(Cl)cccc2Cl)c1C(=O)Nc1ccc(C#N)c(Cl)c1. The molecule has 130 valence electrons. The number of nitrogens with one attached hydrogen (secondary N) is 1. The Kier molecular flexibility index (Phi) is 5.19. The number of rotatable bonds is 3. The van der Waals surface area contributed by atoms with Gasteiger partial charge in [-0.15, -0.1) is 0 Å². The molecule has 0 saturated carbocycles. The van der Waals surface area contributed by atoms with E-state index in [0.29, 0.717) is 32.6 Å². The molecule has 26 heavy (non-hydrogen) atoms. The van der Waals surface area contributed by atoms with Crippen molar-refractivity contribution in [2.45, 2.75) is 6.92 Å². The molecule has 0 saturated heterocycles. The van der Waals surface area contributed by atoms with Gasteiger partial charge in [-0.2, -0.15) is 5.26 Å². The number of nitriles is 1. The number of amides is 1. The van der Waals surface area contributed by atoms with Gasteiger partial charge in [-0.05, 0) is 37.3 Å². The third-order valence-corrected chi connectivity index (χ3v) is 4.58. The Morgan fingerprint density at radius 3 is 2.46 bits per heavy atom. The van der Waals surface area contributed by atoms with Gasteiger partial charge in [-0.1, -0.05) is 46.0 Å². The third-order valence-electron chi connectivity index (χ3n) is 3.64. The van der Waals surface area contributed by atoms with Gasteiger partial charge >= 0.3 is 0 Å². The van der Waals surface area contributed by atoms with Crippen LogP contribution >= 0.6 is 34.8 Å². The fourth-order valence-corrected chi connectivity index (χ4v) is 3.21. The Hall–Kier alpha value is -2.52. The van der Waals surface area contributed by atoms with E-state index in [-0.39, 0.29) is 16.3 Å². The summed E-state index contributed by atoms with van der Waals surface area (Å²) in [5.74, 6) is -0.149. The fraction of sp³-hybridized carbons (Fsp3) is 0.0556. The molecule has 0 aliphatic carbocycles. The van der Waals surface area contributed by atoms with E-state index in [2.05, 4.69) is 10.5 Å². The highest BCUT2D eigenvalue weighted by atomic mass is 35.5. The van der Waals surface area contributed by atoms with Crippen LogP contribution < -0.4 is 5.32 Å². The van der Waals surface area contributed by atoms with Crippen molar-refractivity contribution in [3.63, 3.8) is 0 Å². The van der Waals surface area contributed by atoms with Crippen LogP contribution in [0.2, 0.25) is 15.1 Å². The van der Waals surface area contributed by atoms with Crippen molar-refractivity contribution in [2.24, 2.45) is 0 Å². The van der Waals surface area contributed by atoms with Gasteiger partial charge in [0.25, 0.3) is 5.91 Å². The predicted octanol–water partition coefficient (Wildman–Crippen LogP) is 5.73. The van der Waals surface area contributed by atoms with Crippen LogP contribution in [0, 0.1) is 18.3 Å². The highest BCUT2D eigenvalue weighted by molar-refractivity contribution is 6.39. The summed E-state index contributed by atoms with van der Waals surface area (Å²) in [7, 11) is 0. The number of carbonyl (C=O) groups is 1. The van der Waals surface area contributed by atoms with Crippen LogP contribution in [0.25, 0.3) is 11.3 Å². The molecule has 0 spiro atoms. The Balaban J connectivity index is 2.00. The van der Waals surface area contributed by atoms with E-state index in [1.807, 2.05) is 6.07 Å². The summed E-state index contributed by atoms with van der Waals surface area (Å²) in [6.07, 6.45) is 0. The van der Waals surface area contributed by atoms with E-state index in [1.54, 1.807) is 31.2 Å². The smallest absolute Gasteiger partial charge is 0.261 e. The number of aryl methyl sites for hydroxylation is 1. The summed E-state index contributed by atoms with van der Waals surface area (Å²) >= 11 is 18.4. The minimum Gasteiger partial charge on any atom is -0.360 e. The molecule has 8 heteroatoms. The number of aromatic nitrogens is 1. The number of benzene rings is 2. The number of hydrogen-bond acceptors (Lipinski definition) is 4. The van der Waals surface area contributed by atoms with Crippen LogP contribution in [0.3, 0.4) is 0 Å². The maximum Gasteiger partial charge on any atom is 0.261 e. The topological polar surface area (TPSA) is 78.9 Å². The van der Waals surface area contributed by atoms with Crippen molar-refractivity contribution in [3.8, 4) is 17.3 Å². The summed E-state index contributed by atoms with van der Waals surface area (Å²) in [5, 5.41) is 16.5. The molecule has 1 heterocycles. The van der Waals surface area contributed by atoms with E-state index in [0.717, 1.165) is 0 Å². The van der Waals surface area contributed by atoms with Gasteiger partial charge in [-0.3, -0.25) is 4.79 Å². The molecular formula is C18H10Cl3N3O2. The monoisotopic (exact) mass is 405 g/mol. The van der Waals surface area contributed by atoms with Gasteiger partial charge in [0.05, 0.1) is 20.6 Å². The second-order valence-electron chi connectivity index (χ2n) is 5.32. The van der Waals surface area contributed by atoms with Crippen molar-refractivity contribution in [1.29, 1.82) is 5.26 Å².